The number of nitrogens with two attached hydrogens (primary N) is 1. The fourth-order valence-corrected chi connectivity index (χ4v) is 20.0. The molecule has 4 saturated carbocycles. The van der Waals surface area contributed by atoms with E-state index in [2.05, 4.69) is 173 Å². The molecule has 596 valence electrons. The second-order valence-corrected chi connectivity index (χ2v) is 34.2. The number of ether oxygens (including phenoxy) is 4. The molecule has 8 aromatic rings. The van der Waals surface area contributed by atoms with Crippen molar-refractivity contribution in [3.63, 3.8) is 0 Å². The van der Waals surface area contributed by atoms with Gasteiger partial charge in [-0.05, 0) is 203 Å². The molecule has 24 atom stereocenters. The Morgan fingerprint density at radius 2 is 0.667 bits per heavy atom. The number of allylic oxidation sites excluding steroid dienone is 4. The van der Waals surface area contributed by atoms with Crippen molar-refractivity contribution in [2.45, 2.75) is 162 Å². The lowest BCUT2D eigenvalue weighted by atomic mass is 9.59. The molecule has 8 heterocycles. The Labute approximate surface area is 670 Å². The highest BCUT2D eigenvalue weighted by molar-refractivity contribution is 5.85. The number of benzene rings is 4. The summed E-state index contributed by atoms with van der Waals surface area (Å²) in [5.41, 5.74) is 14.1. The monoisotopic (exact) mass is 1540 g/mol. The first-order valence-corrected chi connectivity index (χ1v) is 40.7. The van der Waals surface area contributed by atoms with E-state index in [1.807, 2.05) is 137 Å². The lowest BCUT2D eigenvalue weighted by Crippen LogP contribution is -2.58. The Bertz CT molecular complexity index is 4700. The zero-order valence-electron chi connectivity index (χ0n) is 67.7. The van der Waals surface area contributed by atoms with Gasteiger partial charge in [0.2, 0.25) is 0 Å². The number of hydrogen-bond acceptors (Lipinski definition) is 16. The van der Waals surface area contributed by atoms with Gasteiger partial charge >= 0.3 is 23.9 Å². The van der Waals surface area contributed by atoms with E-state index in [1.165, 1.54) is 11.6 Å². The number of rotatable bonds is 12. The van der Waals surface area contributed by atoms with Crippen LogP contribution in [-0.2, 0) is 38.1 Å². The predicted molar refractivity (Wildman–Crippen MR) is 443 cm³/mol. The molecule has 4 aliphatic carbocycles. The maximum atomic E-state index is 14.0. The highest BCUT2D eigenvalue weighted by Gasteiger charge is 2.65. The van der Waals surface area contributed by atoms with Gasteiger partial charge in [-0.3, -0.25) is 24.7 Å². The number of nitrogens with zero attached hydrogens (tertiary/aromatic N) is 4. The minimum atomic E-state index is -1.41. The second kappa shape index (κ2) is 33.9. The third-order valence-corrected chi connectivity index (χ3v) is 27.0. The summed E-state index contributed by atoms with van der Waals surface area (Å²) >= 11 is 0. The number of carbonyl (C=O) groups excluding carboxylic acids is 4. The van der Waals surface area contributed by atoms with E-state index >= 15 is 0 Å². The molecule has 0 radical (unpaired) electrons. The molecule has 0 bridgehead atoms. The van der Waals surface area contributed by atoms with Crippen LogP contribution < -0.4 is 5.73 Å². The van der Waals surface area contributed by atoms with Gasteiger partial charge in [0.1, 0.15) is 35.8 Å². The highest BCUT2D eigenvalue weighted by Crippen LogP contribution is 2.55. The lowest BCUT2D eigenvalue weighted by molar-refractivity contribution is -0.161. The SMILES string of the molecule is C[C@H]1[C@H](/C=C/c2ccc(-c3ccccc3)cn2)[C@@H]2[C@@H](C)OC(=O)[C@]2(N)C[C@@H]1C.C[C@H]1[C@H](/C=C/c2ccc(-c3ccccc3)cn2)[C@@H]2[C@@H](C)OC(=O)[C@]2(O)C[C@@H]1C.C[C@H]1[C@H](/C=C/c2ccc(-c3ccccc3F)cn2)[C@@H]2[C@@H](C)OC(=O)[C@]2(O)C[C@@H]1C.Cc1cccc(-c2ccc(/C=C/[C@H]3[C@H](C)[C@@H](C)C[C@@]4(O)C(=O)O[C@H](C)[C@@H]34)nc2)c1. The van der Waals surface area contributed by atoms with Crippen LogP contribution in [0.2, 0.25) is 0 Å². The average molecular weight is 1540 g/mol. The largest absolute Gasteiger partial charge is 0.461 e. The zero-order chi connectivity index (χ0) is 81.3. The van der Waals surface area contributed by atoms with Gasteiger partial charge < -0.3 is 40.0 Å². The molecule has 4 saturated heterocycles. The van der Waals surface area contributed by atoms with Crippen molar-refractivity contribution in [1.82, 2.24) is 19.9 Å². The smallest absolute Gasteiger partial charge is 0.338 e. The molecular formula is C97H110FN5O11. The highest BCUT2D eigenvalue weighted by atomic mass is 19.1. The number of halogens is 1. The summed E-state index contributed by atoms with van der Waals surface area (Å²) in [5, 5.41) is 33.1. The molecule has 16 nitrogen and oxygen atoms in total. The molecule has 17 heteroatoms. The van der Waals surface area contributed by atoms with E-state index in [0.717, 1.165) is 61.7 Å². The predicted octanol–water partition coefficient (Wildman–Crippen LogP) is 17.8. The van der Waals surface area contributed by atoms with Crippen LogP contribution in [0.5, 0.6) is 0 Å². The van der Waals surface area contributed by atoms with Gasteiger partial charge in [0.05, 0.1) is 22.8 Å². The van der Waals surface area contributed by atoms with Crippen molar-refractivity contribution in [2.24, 2.45) is 100 Å². The van der Waals surface area contributed by atoms with Crippen LogP contribution in [0.25, 0.3) is 68.8 Å². The molecule has 0 unspecified atom stereocenters. The third kappa shape index (κ3) is 16.5. The summed E-state index contributed by atoms with van der Waals surface area (Å²) < 4.78 is 35.7. The molecule has 0 amide bonds. The molecule has 5 N–H and O–H groups in total. The third-order valence-electron chi connectivity index (χ3n) is 27.0. The van der Waals surface area contributed by atoms with Crippen LogP contribution in [0, 0.1) is 107 Å². The van der Waals surface area contributed by atoms with Gasteiger partial charge in [-0.1, -0.05) is 213 Å². The fraction of sp³-hybridized carbons (Fsp3) is 0.423. The van der Waals surface area contributed by atoms with Crippen molar-refractivity contribution in [3.05, 3.63) is 241 Å². The van der Waals surface area contributed by atoms with Crippen LogP contribution in [0.4, 0.5) is 4.39 Å². The first-order chi connectivity index (χ1) is 54.4. The van der Waals surface area contributed by atoms with E-state index in [9.17, 15) is 38.9 Å². The van der Waals surface area contributed by atoms with Crippen LogP contribution in [-0.4, -0.2) is 106 Å². The van der Waals surface area contributed by atoms with Crippen molar-refractivity contribution in [1.29, 1.82) is 0 Å². The summed E-state index contributed by atoms with van der Waals surface area (Å²) in [6.45, 7) is 26.9. The van der Waals surface area contributed by atoms with Gasteiger partial charge in [-0.2, -0.15) is 0 Å². The molecule has 114 heavy (non-hydrogen) atoms. The number of cyclic esters (lactones) is 4. The van der Waals surface area contributed by atoms with Gasteiger partial charge in [0.15, 0.2) is 16.8 Å². The Morgan fingerprint density at radius 3 is 1.02 bits per heavy atom. The summed E-state index contributed by atoms with van der Waals surface area (Å²) in [6, 6.07) is 51.4. The molecule has 16 rings (SSSR count). The lowest BCUT2D eigenvalue weighted by Gasteiger charge is -2.45. The van der Waals surface area contributed by atoms with E-state index in [1.54, 1.807) is 24.4 Å². The van der Waals surface area contributed by atoms with Crippen LogP contribution in [0.1, 0.15) is 137 Å². The van der Waals surface area contributed by atoms with Crippen LogP contribution in [0.15, 0.2) is 207 Å². The van der Waals surface area contributed by atoms with Gasteiger partial charge in [0.25, 0.3) is 0 Å². The topological polar surface area (TPSA) is 243 Å². The van der Waals surface area contributed by atoms with Gasteiger partial charge in [-0.25, -0.2) is 18.8 Å². The Balaban J connectivity index is 0.000000133. The second-order valence-electron chi connectivity index (χ2n) is 34.2. The molecule has 8 fully saturated rings. The molecule has 4 aromatic carbocycles. The molecule has 8 aliphatic rings. The Hall–Kier alpha value is -9.91. The Morgan fingerprint density at radius 1 is 0.360 bits per heavy atom. The zero-order valence-corrected chi connectivity index (χ0v) is 67.7. The fourth-order valence-electron chi connectivity index (χ4n) is 20.0. The maximum Gasteiger partial charge on any atom is 0.338 e. The minimum absolute atomic E-state index is 0.00163. The summed E-state index contributed by atoms with van der Waals surface area (Å²) in [7, 11) is 0. The minimum Gasteiger partial charge on any atom is -0.461 e. The molecule has 4 aliphatic heterocycles. The number of pyridine rings is 4. The van der Waals surface area contributed by atoms with Gasteiger partial charge in [-0.15, -0.1) is 0 Å². The van der Waals surface area contributed by atoms with Crippen molar-refractivity contribution >= 4 is 48.2 Å². The first-order valence-electron chi connectivity index (χ1n) is 40.7. The number of hydrogen-bond donors (Lipinski definition) is 4. The number of carbonyl (C=O) groups is 4. The summed E-state index contributed by atoms with van der Waals surface area (Å²) in [6.07, 6.45) is 24.8. The molecule has 4 aromatic heterocycles. The summed E-state index contributed by atoms with van der Waals surface area (Å²) in [4.78, 5) is 67.5. The molecular weight excluding hydrogens is 1430 g/mol. The number of aromatic nitrogens is 4. The first kappa shape index (κ1) is 82.1. The van der Waals surface area contributed by atoms with E-state index in [0.29, 0.717) is 60.8 Å². The normalized spacial score (nSPS) is 34.6. The standard InChI is InChI=1S/C25H29NO3.C24H26FNO3.C24H28N2O2.C24H27NO3/c1-15-6-5-7-19(12-15)20-8-9-21(26-14-20)10-11-22-17(3)16(2)13-25(28)23(22)18(4)29-24(25)27;1-14-12-24(28)22(16(3)29-23(24)27)19(15(14)2)11-10-18-9-8-17(13-26-18)20-6-4-5-7-21(20)25;1-15-13-24(25)22(17(3)28-23(24)27)21(16(15)2)12-11-20-10-9-19(14-26-20)18-7-5-4-6-8-18;1-15-13-24(27)22(17(3)28-23(24)26)21(16(15)2)12-11-20-10-9-19(14-25-20)18-7-5-4-6-8-18/h5-12,14,16-18,22-23,28H,13H2,1-4H3;4-11,13-16,19,22,28H,12H2,1-3H3;4-12,14-17,21-22H,13,25H2,1-3H3;4-12,14-17,21-22,27H,13H2,1-3H3/b2*11-10+;2*12-11+/t16-,17+,18+,22-,23-,25-;14-,15+,16+,19-,22-,24-;2*15-,16+,17+,21-,22-,24-/m0000/s1. The van der Waals surface area contributed by atoms with E-state index in [4.69, 9.17) is 24.7 Å². The van der Waals surface area contributed by atoms with E-state index < -0.39 is 40.2 Å². The molecule has 0 spiro atoms. The maximum absolute atomic E-state index is 14.0. The van der Waals surface area contributed by atoms with Crippen molar-refractivity contribution < 1.29 is 57.8 Å². The van der Waals surface area contributed by atoms with Crippen LogP contribution >= 0.6 is 0 Å². The van der Waals surface area contributed by atoms with Crippen LogP contribution in [0.3, 0.4) is 0 Å². The summed E-state index contributed by atoms with van der Waals surface area (Å²) in [5.74, 6) is 0.111. The number of fused-ring (bicyclic) bond motifs is 4. The number of aliphatic hydroxyl groups is 3. The Kier molecular flexibility index (Phi) is 24.4. The number of esters is 4. The van der Waals surface area contributed by atoms with Crippen molar-refractivity contribution in [2.75, 3.05) is 0 Å². The quantitative estimate of drug-likeness (QED) is 0.0656. The number of aryl methyl sites for hydroxylation is 1. The van der Waals surface area contributed by atoms with Gasteiger partial charge in [0, 0.05) is 76.3 Å². The van der Waals surface area contributed by atoms with Crippen molar-refractivity contribution in [3.8, 4) is 44.5 Å². The average Bonchev–Trinajstić information content (AvgIpc) is 1.59. The van der Waals surface area contributed by atoms with E-state index in [-0.39, 0.29) is 101 Å².